The second-order valence-electron chi connectivity index (χ2n) is 8.52. The summed E-state index contributed by atoms with van der Waals surface area (Å²) in [5, 5.41) is 0. The maximum atomic E-state index is 13.3. The van der Waals surface area contributed by atoms with Crippen molar-refractivity contribution in [1.82, 2.24) is 4.90 Å². The van der Waals surface area contributed by atoms with Gasteiger partial charge in [-0.15, -0.1) is 0 Å². The van der Waals surface area contributed by atoms with Crippen LogP contribution < -0.4 is 4.74 Å². The monoisotopic (exact) mass is 443 g/mol. The van der Waals surface area contributed by atoms with Crippen molar-refractivity contribution in [3.8, 4) is 5.75 Å². The van der Waals surface area contributed by atoms with E-state index >= 15 is 0 Å². The van der Waals surface area contributed by atoms with Crippen molar-refractivity contribution in [2.75, 3.05) is 6.61 Å². The Kier molecular flexibility index (Phi) is 5.29. The van der Waals surface area contributed by atoms with Gasteiger partial charge in [-0.1, -0.05) is 49.4 Å². The highest BCUT2D eigenvalue weighted by atomic mass is 19.1. The van der Waals surface area contributed by atoms with E-state index in [1.54, 1.807) is 49.4 Å². The second kappa shape index (κ2) is 8.28. The van der Waals surface area contributed by atoms with E-state index in [9.17, 15) is 18.8 Å². The number of ketones is 1. The number of halogens is 1. The number of hydrogen-bond donors (Lipinski definition) is 0. The maximum absolute atomic E-state index is 13.3. The molecule has 3 atom stereocenters. The van der Waals surface area contributed by atoms with Crippen molar-refractivity contribution in [2.45, 2.75) is 25.3 Å². The molecule has 2 unspecified atom stereocenters. The Labute approximate surface area is 190 Å². The van der Waals surface area contributed by atoms with Gasteiger partial charge in [0.1, 0.15) is 17.3 Å². The summed E-state index contributed by atoms with van der Waals surface area (Å²) >= 11 is 0. The molecule has 0 bridgehead atoms. The van der Waals surface area contributed by atoms with E-state index in [0.717, 1.165) is 5.56 Å². The largest absolute Gasteiger partial charge is 0.493 e. The van der Waals surface area contributed by atoms with E-state index < -0.39 is 17.9 Å². The van der Waals surface area contributed by atoms with Gasteiger partial charge < -0.3 is 4.74 Å². The Morgan fingerprint density at radius 1 is 0.970 bits per heavy atom. The number of imide groups is 1. The van der Waals surface area contributed by atoms with Crippen molar-refractivity contribution >= 4 is 17.6 Å². The number of nitrogens with zero attached hydrogens (tertiary/aromatic N) is 1. The third kappa shape index (κ3) is 3.61. The molecule has 0 N–H and O–H groups in total. The van der Waals surface area contributed by atoms with E-state index in [1.165, 1.54) is 17.0 Å². The molecule has 0 aromatic heterocycles. The predicted octanol–water partition coefficient (Wildman–Crippen LogP) is 4.93. The summed E-state index contributed by atoms with van der Waals surface area (Å²) < 4.78 is 19.2. The highest BCUT2D eigenvalue weighted by Crippen LogP contribution is 2.44. The van der Waals surface area contributed by atoms with Crippen molar-refractivity contribution in [3.05, 3.63) is 101 Å². The van der Waals surface area contributed by atoms with Crippen LogP contribution in [-0.2, 0) is 4.79 Å². The van der Waals surface area contributed by atoms with E-state index in [4.69, 9.17) is 4.74 Å². The summed E-state index contributed by atoms with van der Waals surface area (Å²) in [7, 11) is 0. The molecule has 0 fully saturated rings. The van der Waals surface area contributed by atoms with Crippen LogP contribution in [0.5, 0.6) is 5.75 Å². The number of hydrogen-bond acceptors (Lipinski definition) is 4. The van der Waals surface area contributed by atoms with Crippen LogP contribution in [0.1, 0.15) is 57.1 Å². The van der Waals surface area contributed by atoms with E-state index in [1.807, 2.05) is 18.2 Å². The van der Waals surface area contributed by atoms with Gasteiger partial charge in [-0.05, 0) is 35.9 Å². The molecule has 0 spiro atoms. The molecule has 3 aromatic rings. The third-order valence-electron chi connectivity index (χ3n) is 6.56. The van der Waals surface area contributed by atoms with Crippen LogP contribution >= 0.6 is 0 Å². The van der Waals surface area contributed by atoms with E-state index in [2.05, 4.69) is 0 Å². The van der Waals surface area contributed by atoms with Crippen LogP contribution in [-0.4, -0.2) is 29.1 Å². The lowest BCUT2D eigenvalue weighted by atomic mass is 9.82. The zero-order valence-corrected chi connectivity index (χ0v) is 18.0. The maximum Gasteiger partial charge on any atom is 0.262 e. The average molecular weight is 443 g/mol. The Bertz CT molecular complexity index is 1220. The number of rotatable bonds is 5. The van der Waals surface area contributed by atoms with Gasteiger partial charge in [-0.3, -0.25) is 19.3 Å². The number of Topliss-reactive ketones (excluding diaryl/α,β-unsaturated/α-hetero) is 1. The molecular formula is C27H22FNO4. The van der Waals surface area contributed by atoms with Crippen LogP contribution in [0.15, 0.2) is 72.8 Å². The molecule has 2 heterocycles. The van der Waals surface area contributed by atoms with Gasteiger partial charge in [0.25, 0.3) is 11.8 Å². The molecule has 5 nitrogen and oxygen atoms in total. The fourth-order valence-electron chi connectivity index (χ4n) is 4.75. The average Bonchev–Trinajstić information content (AvgIpc) is 3.09. The molecule has 6 heteroatoms. The van der Waals surface area contributed by atoms with Gasteiger partial charge in [-0.2, -0.15) is 0 Å². The van der Waals surface area contributed by atoms with Crippen molar-refractivity contribution < 1.29 is 23.5 Å². The summed E-state index contributed by atoms with van der Waals surface area (Å²) in [5.74, 6) is -1.39. The molecular weight excluding hydrogens is 421 g/mol. The highest BCUT2D eigenvalue weighted by molar-refractivity contribution is 6.21. The molecule has 2 aliphatic rings. The standard InChI is InChI=1S/C27H22FNO4/c1-16(17-10-12-19(28)13-11-17)23(30)14-18-15-33-24-9-5-4-8-22(24)25(18)29-26(31)20-6-2-3-7-21(20)27(29)32/h2-13,16,18,25H,14-15H2,1H3/t16-,18?,25?/m0/s1. The summed E-state index contributed by atoms with van der Waals surface area (Å²) in [5.41, 5.74) is 2.17. The van der Waals surface area contributed by atoms with Gasteiger partial charge in [0.2, 0.25) is 0 Å². The zero-order valence-electron chi connectivity index (χ0n) is 18.0. The molecule has 0 saturated carbocycles. The van der Waals surface area contributed by atoms with Crippen LogP contribution in [0.3, 0.4) is 0 Å². The number of fused-ring (bicyclic) bond motifs is 2. The smallest absolute Gasteiger partial charge is 0.262 e. The molecule has 2 aliphatic heterocycles. The van der Waals surface area contributed by atoms with E-state index in [-0.39, 0.29) is 36.4 Å². The quantitative estimate of drug-likeness (QED) is 0.525. The Morgan fingerprint density at radius 2 is 1.58 bits per heavy atom. The Balaban J connectivity index is 1.48. The topological polar surface area (TPSA) is 63.7 Å². The van der Waals surface area contributed by atoms with Crippen LogP contribution in [0.2, 0.25) is 0 Å². The lowest BCUT2D eigenvalue weighted by molar-refractivity contribution is -0.122. The molecule has 2 amide bonds. The van der Waals surface area contributed by atoms with Gasteiger partial charge in [-0.25, -0.2) is 4.39 Å². The molecule has 33 heavy (non-hydrogen) atoms. The van der Waals surface area contributed by atoms with Crippen molar-refractivity contribution in [2.24, 2.45) is 5.92 Å². The molecule has 0 aliphatic carbocycles. The van der Waals surface area contributed by atoms with Crippen molar-refractivity contribution in [1.29, 1.82) is 0 Å². The molecule has 166 valence electrons. The van der Waals surface area contributed by atoms with E-state index in [0.29, 0.717) is 22.4 Å². The zero-order chi connectivity index (χ0) is 23.1. The minimum atomic E-state index is -0.619. The van der Waals surface area contributed by atoms with Crippen LogP contribution in [0.25, 0.3) is 0 Å². The predicted molar refractivity (Wildman–Crippen MR) is 120 cm³/mol. The number of para-hydroxylation sites is 1. The Morgan fingerprint density at radius 3 is 2.24 bits per heavy atom. The molecule has 0 radical (unpaired) electrons. The van der Waals surface area contributed by atoms with Gasteiger partial charge >= 0.3 is 0 Å². The van der Waals surface area contributed by atoms with Crippen LogP contribution in [0.4, 0.5) is 4.39 Å². The molecule has 5 rings (SSSR count). The number of carbonyl (C=O) groups is 3. The number of carbonyl (C=O) groups excluding carboxylic acids is 3. The minimum Gasteiger partial charge on any atom is -0.493 e. The first-order valence-electron chi connectivity index (χ1n) is 10.9. The first-order chi connectivity index (χ1) is 16.0. The van der Waals surface area contributed by atoms with Crippen molar-refractivity contribution in [3.63, 3.8) is 0 Å². The highest BCUT2D eigenvalue weighted by Gasteiger charge is 2.46. The third-order valence-corrected chi connectivity index (χ3v) is 6.56. The molecule has 3 aromatic carbocycles. The summed E-state index contributed by atoms with van der Waals surface area (Å²) in [6, 6.07) is 19.3. The normalized spacial score (nSPS) is 20.1. The lowest BCUT2D eigenvalue weighted by Gasteiger charge is -2.38. The summed E-state index contributed by atoms with van der Waals surface area (Å²) in [6.45, 7) is 1.99. The van der Waals surface area contributed by atoms with Gasteiger partial charge in [0.05, 0.1) is 23.8 Å². The fraction of sp³-hybridized carbons (Fsp3) is 0.222. The first kappa shape index (κ1) is 21.1. The second-order valence-corrected chi connectivity index (χ2v) is 8.52. The SMILES string of the molecule is C[C@H](C(=O)CC1COc2ccccc2C1N1C(=O)c2ccccc2C1=O)c1ccc(F)cc1. The lowest BCUT2D eigenvalue weighted by Crippen LogP contribution is -2.43. The first-order valence-corrected chi connectivity index (χ1v) is 10.9. The fourth-order valence-corrected chi connectivity index (χ4v) is 4.75. The Hall–Kier alpha value is -3.80. The summed E-state index contributed by atoms with van der Waals surface area (Å²) in [4.78, 5) is 41.1. The molecule has 0 saturated heterocycles. The van der Waals surface area contributed by atoms with Gasteiger partial charge in [0, 0.05) is 23.8 Å². The number of ether oxygens (including phenoxy) is 1. The number of benzene rings is 3. The minimum absolute atomic E-state index is 0.0591. The summed E-state index contributed by atoms with van der Waals surface area (Å²) in [6.07, 6.45) is 0.116. The number of amides is 2. The van der Waals surface area contributed by atoms with Gasteiger partial charge in [0.15, 0.2) is 0 Å². The van der Waals surface area contributed by atoms with Crippen LogP contribution in [0, 0.1) is 11.7 Å².